The van der Waals surface area contributed by atoms with Gasteiger partial charge in [0, 0.05) is 12.4 Å². The normalized spacial score (nSPS) is 9.79. The lowest BCUT2D eigenvalue weighted by atomic mass is 10.5. The van der Waals surface area contributed by atoms with E-state index in [-0.39, 0.29) is 18.1 Å². The van der Waals surface area contributed by atoms with Gasteiger partial charge in [0.05, 0.1) is 5.02 Å². The maximum Gasteiger partial charge on any atom is 0.356 e. The largest absolute Gasteiger partial charge is 0.476 e. The molecule has 0 fully saturated rings. The highest BCUT2D eigenvalue weighted by molar-refractivity contribution is 6.30. The van der Waals surface area contributed by atoms with Crippen LogP contribution in [0.25, 0.3) is 5.65 Å². The second-order valence-electron chi connectivity index (χ2n) is 2.54. The smallest absolute Gasteiger partial charge is 0.356 e. The first-order valence-electron chi connectivity index (χ1n) is 3.54. The van der Waals surface area contributed by atoms with E-state index in [1.807, 2.05) is 0 Å². The second kappa shape index (κ2) is 3.86. The third-order valence-electron chi connectivity index (χ3n) is 1.63. The van der Waals surface area contributed by atoms with Gasteiger partial charge in [0.2, 0.25) is 0 Å². The van der Waals surface area contributed by atoms with Crippen molar-refractivity contribution in [3.8, 4) is 0 Å². The maximum absolute atomic E-state index is 10.5. The number of fused-ring (bicyclic) bond motifs is 1. The molecule has 2 heterocycles. The molecule has 0 aliphatic heterocycles. The summed E-state index contributed by atoms with van der Waals surface area (Å²) in [6, 6.07) is 3.32. The number of pyridine rings is 1. The lowest BCUT2D eigenvalue weighted by Crippen LogP contribution is -1.94. The summed E-state index contributed by atoms with van der Waals surface area (Å²) in [7, 11) is 0. The molecule has 14 heavy (non-hydrogen) atoms. The van der Waals surface area contributed by atoms with Gasteiger partial charge in [0.25, 0.3) is 0 Å². The minimum atomic E-state index is -1.04. The topological polar surface area (TPSA) is 54.6 Å². The Bertz CT molecular complexity index is 481. The summed E-state index contributed by atoms with van der Waals surface area (Å²) in [5, 5.41) is 9.19. The van der Waals surface area contributed by atoms with E-state index < -0.39 is 5.97 Å². The SMILES string of the molecule is Cl.O=C(O)c1cn2cc(Cl)ccc2n1. The Morgan fingerprint density at radius 1 is 1.43 bits per heavy atom. The first-order chi connectivity index (χ1) is 6.16. The molecule has 0 aromatic carbocycles. The number of rotatable bonds is 1. The summed E-state index contributed by atoms with van der Waals surface area (Å²) in [5.41, 5.74) is 0.587. The minimum Gasteiger partial charge on any atom is -0.476 e. The molecular weight excluding hydrogens is 227 g/mol. The number of nitrogens with zero attached hydrogens (tertiary/aromatic N) is 2. The number of aromatic nitrogens is 2. The number of carboxylic acid groups (broad SMARTS) is 1. The molecule has 0 saturated carbocycles. The quantitative estimate of drug-likeness (QED) is 0.820. The van der Waals surface area contributed by atoms with Gasteiger partial charge in [-0.05, 0) is 12.1 Å². The zero-order valence-electron chi connectivity index (χ0n) is 6.85. The van der Waals surface area contributed by atoms with Crippen LogP contribution in [0.15, 0.2) is 24.5 Å². The van der Waals surface area contributed by atoms with Crippen molar-refractivity contribution < 1.29 is 9.90 Å². The lowest BCUT2D eigenvalue weighted by molar-refractivity contribution is 0.0691. The number of halogens is 2. The van der Waals surface area contributed by atoms with Gasteiger partial charge >= 0.3 is 5.97 Å². The number of carboxylic acids is 1. The molecule has 6 heteroatoms. The molecule has 0 atom stereocenters. The summed E-state index contributed by atoms with van der Waals surface area (Å²) in [6.07, 6.45) is 3.03. The molecule has 0 spiro atoms. The fourth-order valence-electron chi connectivity index (χ4n) is 1.07. The molecule has 2 aromatic rings. The van der Waals surface area contributed by atoms with Crippen molar-refractivity contribution in [2.45, 2.75) is 0 Å². The summed E-state index contributed by atoms with van der Waals surface area (Å²) < 4.78 is 1.58. The predicted octanol–water partition coefficient (Wildman–Crippen LogP) is 2.11. The van der Waals surface area contributed by atoms with E-state index in [1.165, 1.54) is 6.20 Å². The number of hydrogen-bond donors (Lipinski definition) is 1. The number of aromatic carboxylic acids is 1. The van der Waals surface area contributed by atoms with Gasteiger partial charge in [-0.15, -0.1) is 12.4 Å². The molecule has 0 aliphatic rings. The van der Waals surface area contributed by atoms with Crippen molar-refractivity contribution in [1.82, 2.24) is 9.38 Å². The molecule has 4 nitrogen and oxygen atoms in total. The molecule has 0 bridgehead atoms. The second-order valence-corrected chi connectivity index (χ2v) is 2.98. The van der Waals surface area contributed by atoms with E-state index in [1.54, 1.807) is 22.7 Å². The molecule has 0 unspecified atom stereocenters. The number of carbonyl (C=O) groups is 1. The van der Waals surface area contributed by atoms with Crippen LogP contribution in [0.3, 0.4) is 0 Å². The van der Waals surface area contributed by atoms with E-state index >= 15 is 0 Å². The van der Waals surface area contributed by atoms with Crippen LogP contribution in [0.1, 0.15) is 10.5 Å². The molecule has 2 rings (SSSR count). The Labute approximate surface area is 90.5 Å². The van der Waals surface area contributed by atoms with Crippen LogP contribution in [-0.2, 0) is 0 Å². The first kappa shape index (κ1) is 10.8. The molecule has 0 aliphatic carbocycles. The highest BCUT2D eigenvalue weighted by Gasteiger charge is 2.07. The third kappa shape index (κ3) is 1.81. The monoisotopic (exact) mass is 232 g/mol. The van der Waals surface area contributed by atoms with Crippen LogP contribution < -0.4 is 0 Å². The molecule has 74 valence electrons. The van der Waals surface area contributed by atoms with E-state index in [4.69, 9.17) is 16.7 Å². The highest BCUT2D eigenvalue weighted by Crippen LogP contribution is 2.11. The Balaban J connectivity index is 0.000000980. The van der Waals surface area contributed by atoms with Crippen LogP contribution >= 0.6 is 24.0 Å². The molecule has 2 aromatic heterocycles. The third-order valence-corrected chi connectivity index (χ3v) is 1.86. The Morgan fingerprint density at radius 2 is 2.14 bits per heavy atom. The molecule has 0 saturated heterocycles. The summed E-state index contributed by atoms with van der Waals surface area (Å²) in [6.45, 7) is 0. The predicted molar refractivity (Wildman–Crippen MR) is 54.4 cm³/mol. The van der Waals surface area contributed by atoms with Crippen LogP contribution in [0.5, 0.6) is 0 Å². The fraction of sp³-hybridized carbons (Fsp3) is 0. The van der Waals surface area contributed by atoms with Crippen LogP contribution in [0, 0.1) is 0 Å². The van der Waals surface area contributed by atoms with Crippen molar-refractivity contribution in [3.63, 3.8) is 0 Å². The standard InChI is InChI=1S/C8H5ClN2O2.ClH/c9-5-1-2-7-10-6(8(12)13)4-11(7)3-5;/h1-4H,(H,12,13);1H. The molecule has 0 amide bonds. The van der Waals surface area contributed by atoms with Gasteiger partial charge in [-0.25, -0.2) is 9.78 Å². The highest BCUT2D eigenvalue weighted by atomic mass is 35.5. The minimum absolute atomic E-state index is 0. The Kier molecular flexibility index (Phi) is 2.98. The summed E-state index contributed by atoms with van der Waals surface area (Å²) >= 11 is 5.71. The Morgan fingerprint density at radius 3 is 2.79 bits per heavy atom. The molecule has 0 radical (unpaired) electrons. The lowest BCUT2D eigenvalue weighted by Gasteiger charge is -1.91. The van der Waals surface area contributed by atoms with Crippen molar-refractivity contribution in [2.24, 2.45) is 0 Å². The van der Waals surface area contributed by atoms with E-state index in [2.05, 4.69) is 4.98 Å². The van der Waals surface area contributed by atoms with E-state index in [0.29, 0.717) is 10.7 Å². The van der Waals surface area contributed by atoms with Gasteiger partial charge in [-0.2, -0.15) is 0 Å². The van der Waals surface area contributed by atoms with E-state index in [0.717, 1.165) is 0 Å². The Hall–Kier alpha value is -1.26. The van der Waals surface area contributed by atoms with Crippen molar-refractivity contribution in [2.75, 3.05) is 0 Å². The maximum atomic E-state index is 10.5. The van der Waals surface area contributed by atoms with Crippen LogP contribution in [0.4, 0.5) is 0 Å². The van der Waals surface area contributed by atoms with Gasteiger partial charge in [0.1, 0.15) is 5.65 Å². The van der Waals surface area contributed by atoms with Gasteiger partial charge in [-0.3, -0.25) is 0 Å². The average Bonchev–Trinajstić information content (AvgIpc) is 2.46. The van der Waals surface area contributed by atoms with Gasteiger partial charge in [-0.1, -0.05) is 11.6 Å². The van der Waals surface area contributed by atoms with Crippen LogP contribution in [0.2, 0.25) is 5.02 Å². The zero-order chi connectivity index (χ0) is 9.42. The average molecular weight is 233 g/mol. The van der Waals surface area contributed by atoms with Crippen LogP contribution in [-0.4, -0.2) is 20.5 Å². The van der Waals surface area contributed by atoms with Gasteiger partial charge < -0.3 is 9.51 Å². The first-order valence-corrected chi connectivity index (χ1v) is 3.92. The number of imidazole rings is 1. The van der Waals surface area contributed by atoms with E-state index in [9.17, 15) is 4.79 Å². The summed E-state index contributed by atoms with van der Waals surface area (Å²) in [4.78, 5) is 14.4. The van der Waals surface area contributed by atoms with Crippen molar-refractivity contribution in [1.29, 1.82) is 0 Å². The fourth-order valence-corrected chi connectivity index (χ4v) is 1.24. The summed E-state index contributed by atoms with van der Waals surface area (Å²) in [5.74, 6) is -1.04. The molecular formula is C8H6Cl2N2O2. The van der Waals surface area contributed by atoms with Crippen molar-refractivity contribution in [3.05, 3.63) is 35.2 Å². The zero-order valence-corrected chi connectivity index (χ0v) is 8.42. The van der Waals surface area contributed by atoms with Gasteiger partial charge in [0.15, 0.2) is 5.69 Å². The number of hydrogen-bond acceptors (Lipinski definition) is 2. The molecule has 1 N–H and O–H groups in total. The van der Waals surface area contributed by atoms with Crippen molar-refractivity contribution >= 4 is 35.6 Å².